The lowest BCUT2D eigenvalue weighted by atomic mass is 10.1. The van der Waals surface area contributed by atoms with Crippen LogP contribution in [0.15, 0.2) is 39.8 Å². The quantitative estimate of drug-likeness (QED) is 0.815. The molecule has 0 radical (unpaired) electrons. The average molecular weight is 388 g/mol. The maximum Gasteiger partial charge on any atom is 0.265 e. The van der Waals surface area contributed by atoms with Crippen LogP contribution >= 0.6 is 27.5 Å². The number of anilines is 1. The highest BCUT2D eigenvalue weighted by Gasteiger charge is 2.20. The monoisotopic (exact) mass is 386 g/mol. The molecule has 0 aliphatic heterocycles. The molecule has 1 N–H and O–H groups in total. The van der Waals surface area contributed by atoms with Crippen molar-refractivity contribution in [1.29, 1.82) is 0 Å². The minimum absolute atomic E-state index is 0.0426. The van der Waals surface area contributed by atoms with Crippen molar-refractivity contribution in [3.63, 3.8) is 0 Å². The van der Waals surface area contributed by atoms with Crippen LogP contribution < -0.4 is 4.72 Å². The van der Waals surface area contributed by atoms with Gasteiger partial charge in [0.05, 0.1) is 0 Å². The fourth-order valence-corrected chi connectivity index (χ4v) is 4.43. The van der Waals surface area contributed by atoms with Crippen molar-refractivity contribution < 1.29 is 8.42 Å². The van der Waals surface area contributed by atoms with E-state index in [2.05, 4.69) is 25.6 Å². The molecule has 0 spiro atoms. The SMILES string of the molecule is O=S(=O)(Nc1ccc2c(c1)CCC2)c1cc(Br)cnc1Cl. The molecule has 0 bridgehead atoms. The lowest BCUT2D eigenvalue weighted by Gasteiger charge is -2.10. The highest BCUT2D eigenvalue weighted by molar-refractivity contribution is 9.10. The minimum atomic E-state index is -3.76. The first kappa shape index (κ1) is 14.8. The molecule has 1 aromatic heterocycles. The second-order valence-electron chi connectivity index (χ2n) is 4.89. The highest BCUT2D eigenvalue weighted by Crippen LogP contribution is 2.28. The second-order valence-corrected chi connectivity index (χ2v) is 7.81. The molecule has 0 fully saturated rings. The number of fused-ring (bicyclic) bond motifs is 1. The lowest BCUT2D eigenvalue weighted by Crippen LogP contribution is -2.14. The molecule has 3 rings (SSSR count). The van der Waals surface area contributed by atoms with Gasteiger partial charge in [-0.05, 0) is 64.5 Å². The first-order chi connectivity index (χ1) is 9.95. The molecule has 0 amide bonds. The molecule has 0 atom stereocenters. The fraction of sp³-hybridized carbons (Fsp3) is 0.214. The zero-order valence-electron chi connectivity index (χ0n) is 10.9. The van der Waals surface area contributed by atoms with Gasteiger partial charge in [0.1, 0.15) is 10.0 Å². The Morgan fingerprint density at radius 1 is 1.19 bits per heavy atom. The number of nitrogens with zero attached hydrogens (tertiary/aromatic N) is 1. The average Bonchev–Trinajstić information content (AvgIpc) is 2.88. The number of aryl methyl sites for hydroxylation is 2. The zero-order chi connectivity index (χ0) is 15.0. The lowest BCUT2D eigenvalue weighted by molar-refractivity contribution is 0.601. The van der Waals surface area contributed by atoms with Crippen LogP contribution in [0, 0.1) is 0 Å². The molecule has 0 saturated heterocycles. The first-order valence-electron chi connectivity index (χ1n) is 6.41. The Kier molecular flexibility index (Phi) is 3.94. The molecular formula is C14H12BrClN2O2S. The maximum atomic E-state index is 12.4. The van der Waals surface area contributed by atoms with Crippen molar-refractivity contribution >= 4 is 43.2 Å². The number of sulfonamides is 1. The number of hydrogen-bond acceptors (Lipinski definition) is 3. The number of hydrogen-bond donors (Lipinski definition) is 1. The Balaban J connectivity index is 1.94. The number of pyridine rings is 1. The van der Waals surface area contributed by atoms with Crippen molar-refractivity contribution in [3.8, 4) is 0 Å². The van der Waals surface area contributed by atoms with Crippen LogP contribution in [0.5, 0.6) is 0 Å². The van der Waals surface area contributed by atoms with E-state index in [9.17, 15) is 8.42 Å². The minimum Gasteiger partial charge on any atom is -0.280 e. The van der Waals surface area contributed by atoms with Crippen LogP contribution in [-0.2, 0) is 22.9 Å². The molecule has 110 valence electrons. The third kappa shape index (κ3) is 3.07. The van der Waals surface area contributed by atoms with E-state index >= 15 is 0 Å². The van der Waals surface area contributed by atoms with Crippen LogP contribution in [-0.4, -0.2) is 13.4 Å². The first-order valence-corrected chi connectivity index (χ1v) is 9.07. The van der Waals surface area contributed by atoms with Gasteiger partial charge in [0, 0.05) is 16.4 Å². The van der Waals surface area contributed by atoms with Crippen molar-refractivity contribution in [2.45, 2.75) is 24.2 Å². The van der Waals surface area contributed by atoms with E-state index in [1.807, 2.05) is 12.1 Å². The van der Waals surface area contributed by atoms with Gasteiger partial charge in [0.15, 0.2) is 0 Å². The van der Waals surface area contributed by atoms with Gasteiger partial charge in [0.2, 0.25) is 0 Å². The highest BCUT2D eigenvalue weighted by atomic mass is 79.9. The zero-order valence-corrected chi connectivity index (χ0v) is 14.1. The van der Waals surface area contributed by atoms with Gasteiger partial charge in [-0.3, -0.25) is 4.72 Å². The largest absolute Gasteiger partial charge is 0.280 e. The van der Waals surface area contributed by atoms with E-state index < -0.39 is 10.0 Å². The Hall–Kier alpha value is -1.11. The Morgan fingerprint density at radius 2 is 1.95 bits per heavy atom. The summed E-state index contributed by atoms with van der Waals surface area (Å²) in [5.41, 5.74) is 3.04. The summed E-state index contributed by atoms with van der Waals surface area (Å²) in [6.45, 7) is 0. The standard InChI is InChI=1S/C14H12BrClN2O2S/c15-11-7-13(14(16)17-8-11)21(19,20)18-12-5-4-9-2-1-3-10(9)6-12/h4-8,18H,1-3H2. The molecule has 0 unspecified atom stereocenters. The van der Waals surface area contributed by atoms with Crippen LogP contribution in [0.4, 0.5) is 5.69 Å². The summed E-state index contributed by atoms with van der Waals surface area (Å²) >= 11 is 9.09. The Labute approximate surface area is 136 Å². The molecule has 0 saturated carbocycles. The van der Waals surface area contributed by atoms with Gasteiger partial charge in [0.25, 0.3) is 10.0 Å². The van der Waals surface area contributed by atoms with Gasteiger partial charge in [-0.1, -0.05) is 17.7 Å². The van der Waals surface area contributed by atoms with Crippen molar-refractivity contribution in [3.05, 3.63) is 51.2 Å². The molecule has 2 aromatic rings. The topological polar surface area (TPSA) is 59.1 Å². The molecular weight excluding hydrogens is 376 g/mol. The van der Waals surface area contributed by atoms with Crippen molar-refractivity contribution in [2.24, 2.45) is 0 Å². The number of rotatable bonds is 3. The molecule has 21 heavy (non-hydrogen) atoms. The molecule has 1 aliphatic carbocycles. The summed E-state index contributed by atoms with van der Waals surface area (Å²) in [4.78, 5) is 3.80. The summed E-state index contributed by atoms with van der Waals surface area (Å²) in [6, 6.07) is 7.08. The summed E-state index contributed by atoms with van der Waals surface area (Å²) in [5, 5.41) is -0.0492. The van der Waals surface area contributed by atoms with Gasteiger partial charge in [-0.25, -0.2) is 13.4 Å². The van der Waals surface area contributed by atoms with Crippen LogP contribution in [0.3, 0.4) is 0 Å². The van der Waals surface area contributed by atoms with Gasteiger partial charge in [-0.15, -0.1) is 0 Å². The fourth-order valence-electron chi connectivity index (χ4n) is 2.44. The molecule has 4 nitrogen and oxygen atoms in total. The van der Waals surface area contributed by atoms with E-state index in [4.69, 9.17) is 11.6 Å². The summed E-state index contributed by atoms with van der Waals surface area (Å²) in [6.07, 6.45) is 4.62. The smallest absolute Gasteiger partial charge is 0.265 e. The Bertz CT molecular complexity index is 809. The maximum absolute atomic E-state index is 12.4. The third-order valence-corrected chi connectivity index (χ3v) is 5.66. The third-order valence-electron chi connectivity index (χ3n) is 3.41. The van der Waals surface area contributed by atoms with Crippen LogP contribution in [0.2, 0.25) is 5.15 Å². The van der Waals surface area contributed by atoms with Crippen LogP contribution in [0.1, 0.15) is 17.5 Å². The number of halogens is 2. The molecule has 1 aromatic carbocycles. The normalized spacial score (nSPS) is 14.0. The van der Waals surface area contributed by atoms with Crippen molar-refractivity contribution in [2.75, 3.05) is 4.72 Å². The van der Waals surface area contributed by atoms with E-state index in [1.165, 1.54) is 23.4 Å². The van der Waals surface area contributed by atoms with Gasteiger partial charge in [-0.2, -0.15) is 0 Å². The summed E-state index contributed by atoms with van der Waals surface area (Å²) in [5.74, 6) is 0. The predicted molar refractivity (Wildman–Crippen MR) is 86.2 cm³/mol. The molecule has 1 aliphatic rings. The molecule has 7 heteroatoms. The van der Waals surface area contributed by atoms with E-state index in [0.717, 1.165) is 19.3 Å². The summed E-state index contributed by atoms with van der Waals surface area (Å²) < 4.78 is 28.0. The van der Waals surface area contributed by atoms with E-state index in [-0.39, 0.29) is 10.0 Å². The van der Waals surface area contributed by atoms with Crippen LogP contribution in [0.25, 0.3) is 0 Å². The number of nitrogens with one attached hydrogen (secondary N) is 1. The van der Waals surface area contributed by atoms with E-state index in [1.54, 1.807) is 6.07 Å². The number of aromatic nitrogens is 1. The predicted octanol–water partition coefficient (Wildman–Crippen LogP) is 3.79. The van der Waals surface area contributed by atoms with E-state index in [0.29, 0.717) is 10.2 Å². The second kappa shape index (κ2) is 5.59. The Morgan fingerprint density at radius 3 is 2.76 bits per heavy atom. The van der Waals surface area contributed by atoms with Crippen molar-refractivity contribution in [1.82, 2.24) is 4.98 Å². The molecule has 1 heterocycles. The van der Waals surface area contributed by atoms with Gasteiger partial charge >= 0.3 is 0 Å². The van der Waals surface area contributed by atoms with Gasteiger partial charge < -0.3 is 0 Å². The number of benzene rings is 1. The summed E-state index contributed by atoms with van der Waals surface area (Å²) in [7, 11) is -3.76.